The number of hydrogen-bond acceptors (Lipinski definition) is 5. The molecule has 1 saturated carbocycles. The number of halogens is 3. The second-order valence-electron chi connectivity index (χ2n) is 6.01. The third-order valence-corrected chi connectivity index (χ3v) is 5.04. The van der Waals surface area contributed by atoms with Crippen molar-refractivity contribution in [2.75, 3.05) is 6.61 Å². The third-order valence-electron chi connectivity index (χ3n) is 3.98. The van der Waals surface area contributed by atoms with E-state index in [-0.39, 0.29) is 24.9 Å². The Morgan fingerprint density at radius 1 is 1.41 bits per heavy atom. The minimum absolute atomic E-state index is 0.0907. The van der Waals surface area contributed by atoms with Crippen LogP contribution in [0.2, 0.25) is 0 Å². The Morgan fingerprint density at radius 3 is 2.59 bits per heavy atom. The summed E-state index contributed by atoms with van der Waals surface area (Å²) in [6, 6.07) is 0. The number of ether oxygens (including phenoxy) is 2. The van der Waals surface area contributed by atoms with Crippen molar-refractivity contribution in [3.63, 3.8) is 0 Å². The Bertz CT molecular complexity index is 528. The summed E-state index contributed by atoms with van der Waals surface area (Å²) in [4.78, 5) is 0. The van der Waals surface area contributed by atoms with Crippen LogP contribution in [0.1, 0.15) is 26.7 Å². The summed E-state index contributed by atoms with van der Waals surface area (Å²) in [5.41, 5.74) is -5.44. The number of fused-ring (bicyclic) bond motifs is 1. The zero-order valence-electron chi connectivity index (χ0n) is 12.3. The van der Waals surface area contributed by atoms with Crippen LogP contribution in [0.4, 0.5) is 13.2 Å². The number of hydrogen-bond donors (Lipinski definition) is 0. The van der Waals surface area contributed by atoms with Gasteiger partial charge in [0.1, 0.15) is 6.10 Å². The molecule has 1 heterocycles. The van der Waals surface area contributed by atoms with Gasteiger partial charge in [-0.25, -0.2) is 0 Å². The van der Waals surface area contributed by atoms with E-state index in [1.807, 2.05) is 0 Å². The van der Waals surface area contributed by atoms with Crippen molar-refractivity contribution in [1.29, 1.82) is 0 Å². The van der Waals surface area contributed by atoms with Crippen molar-refractivity contribution in [2.45, 2.75) is 50.2 Å². The maximum atomic E-state index is 12.5. The van der Waals surface area contributed by atoms with Crippen molar-refractivity contribution in [3.05, 3.63) is 12.7 Å². The van der Waals surface area contributed by atoms with E-state index in [1.54, 1.807) is 19.9 Å². The van der Waals surface area contributed by atoms with Gasteiger partial charge in [0.05, 0.1) is 12.7 Å². The third kappa shape index (κ3) is 3.47. The lowest BCUT2D eigenvalue weighted by Gasteiger charge is -2.40. The first-order chi connectivity index (χ1) is 9.97. The molecule has 1 aliphatic heterocycles. The molecule has 0 aromatic rings. The van der Waals surface area contributed by atoms with E-state index in [0.717, 1.165) is 0 Å². The first kappa shape index (κ1) is 17.7. The standard InChI is InChI=1S/C13H19F3O5S/c1-4-5-8-6-10(21-22(17,18)13(14,15)16)11-9(8)7-19-12(2,3)20-11/h4,8-11H,1,5-7H2,2-3H3/t8-,9+,10-,11+/m0/s1. The average molecular weight is 344 g/mol. The Kier molecular flexibility index (Phi) is 4.65. The van der Waals surface area contributed by atoms with Crippen LogP contribution in [0.15, 0.2) is 12.7 Å². The predicted molar refractivity (Wildman–Crippen MR) is 71.2 cm³/mol. The first-order valence-corrected chi connectivity index (χ1v) is 8.30. The lowest BCUT2D eigenvalue weighted by atomic mass is 9.92. The number of alkyl halides is 3. The molecule has 0 aromatic carbocycles. The molecule has 0 N–H and O–H groups in total. The topological polar surface area (TPSA) is 61.8 Å². The summed E-state index contributed by atoms with van der Waals surface area (Å²) >= 11 is 0. The van der Waals surface area contributed by atoms with Crippen LogP contribution in [-0.4, -0.2) is 38.5 Å². The van der Waals surface area contributed by atoms with Crippen LogP contribution in [-0.2, 0) is 23.8 Å². The summed E-state index contributed by atoms with van der Waals surface area (Å²) in [6.45, 7) is 7.14. The molecule has 9 heteroatoms. The summed E-state index contributed by atoms with van der Waals surface area (Å²) in [5, 5.41) is 0. The molecule has 2 aliphatic rings. The van der Waals surface area contributed by atoms with Crippen molar-refractivity contribution in [3.8, 4) is 0 Å². The van der Waals surface area contributed by atoms with Gasteiger partial charge < -0.3 is 9.47 Å². The second-order valence-corrected chi connectivity index (χ2v) is 7.58. The molecule has 0 aromatic heterocycles. The fourth-order valence-corrected chi connectivity index (χ4v) is 3.62. The van der Waals surface area contributed by atoms with E-state index in [1.165, 1.54) is 0 Å². The second kappa shape index (κ2) is 5.77. The first-order valence-electron chi connectivity index (χ1n) is 6.89. The van der Waals surface area contributed by atoms with Gasteiger partial charge in [-0.1, -0.05) is 6.08 Å². The zero-order chi connectivity index (χ0) is 16.8. The highest BCUT2D eigenvalue weighted by Crippen LogP contribution is 2.45. The molecule has 0 radical (unpaired) electrons. The molecule has 1 aliphatic carbocycles. The van der Waals surface area contributed by atoms with Gasteiger partial charge in [-0.3, -0.25) is 4.18 Å². The predicted octanol–water partition coefficient (Wildman–Crippen LogP) is 2.58. The van der Waals surface area contributed by atoms with Crippen molar-refractivity contribution >= 4 is 10.1 Å². The Morgan fingerprint density at radius 2 is 2.05 bits per heavy atom. The molecule has 0 spiro atoms. The summed E-state index contributed by atoms with van der Waals surface area (Å²) < 4.78 is 75.6. The van der Waals surface area contributed by atoms with E-state index >= 15 is 0 Å². The normalized spacial score (nSPS) is 35.1. The molecule has 128 valence electrons. The highest BCUT2D eigenvalue weighted by molar-refractivity contribution is 7.87. The van der Waals surface area contributed by atoms with Gasteiger partial charge in [-0.15, -0.1) is 6.58 Å². The molecular weight excluding hydrogens is 325 g/mol. The monoisotopic (exact) mass is 344 g/mol. The molecular formula is C13H19F3O5S. The highest BCUT2D eigenvalue weighted by atomic mass is 32.2. The van der Waals surface area contributed by atoms with Crippen molar-refractivity contribution < 1.29 is 35.2 Å². The quantitative estimate of drug-likeness (QED) is 0.446. The van der Waals surface area contributed by atoms with Crippen LogP contribution in [0.5, 0.6) is 0 Å². The number of rotatable bonds is 4. The molecule has 1 saturated heterocycles. The van der Waals surface area contributed by atoms with E-state index in [4.69, 9.17) is 9.47 Å². The fraction of sp³-hybridized carbons (Fsp3) is 0.846. The SMILES string of the molecule is C=CC[C@H]1C[C@H](OS(=O)(=O)C(F)(F)F)[C@@H]2OC(C)(C)OC[C@H]12. The molecule has 2 rings (SSSR count). The van der Waals surface area contributed by atoms with E-state index < -0.39 is 33.6 Å². The zero-order valence-corrected chi connectivity index (χ0v) is 13.1. The molecule has 5 nitrogen and oxygen atoms in total. The smallest absolute Gasteiger partial charge is 0.350 e. The van der Waals surface area contributed by atoms with Crippen LogP contribution in [0.25, 0.3) is 0 Å². The van der Waals surface area contributed by atoms with Crippen molar-refractivity contribution in [1.82, 2.24) is 0 Å². The van der Waals surface area contributed by atoms with Gasteiger partial charge in [0, 0.05) is 5.92 Å². The minimum atomic E-state index is -5.65. The molecule has 4 atom stereocenters. The Hall–Kier alpha value is -0.640. The Labute approximate surface area is 127 Å². The van der Waals surface area contributed by atoms with Gasteiger partial charge in [-0.2, -0.15) is 21.6 Å². The molecule has 22 heavy (non-hydrogen) atoms. The van der Waals surface area contributed by atoms with Gasteiger partial charge >= 0.3 is 15.6 Å². The van der Waals surface area contributed by atoms with Gasteiger partial charge in [0.25, 0.3) is 0 Å². The van der Waals surface area contributed by atoms with Gasteiger partial charge in [0.2, 0.25) is 0 Å². The van der Waals surface area contributed by atoms with E-state index in [2.05, 4.69) is 10.8 Å². The van der Waals surface area contributed by atoms with Crippen LogP contribution in [0.3, 0.4) is 0 Å². The van der Waals surface area contributed by atoms with Gasteiger partial charge in [-0.05, 0) is 32.6 Å². The van der Waals surface area contributed by atoms with Crippen LogP contribution >= 0.6 is 0 Å². The van der Waals surface area contributed by atoms with Crippen LogP contribution < -0.4 is 0 Å². The van der Waals surface area contributed by atoms with E-state index in [0.29, 0.717) is 6.42 Å². The summed E-state index contributed by atoms with van der Waals surface area (Å²) in [7, 11) is -5.65. The molecule has 2 fully saturated rings. The average Bonchev–Trinajstić information content (AvgIpc) is 2.64. The minimum Gasteiger partial charge on any atom is -0.350 e. The van der Waals surface area contributed by atoms with Gasteiger partial charge in [0.15, 0.2) is 5.79 Å². The molecule has 0 bridgehead atoms. The summed E-state index contributed by atoms with van der Waals surface area (Å²) in [6.07, 6.45) is 0.383. The maximum absolute atomic E-state index is 12.5. The highest BCUT2D eigenvalue weighted by Gasteiger charge is 2.55. The lowest BCUT2D eigenvalue weighted by molar-refractivity contribution is -0.299. The molecule has 0 unspecified atom stereocenters. The summed E-state index contributed by atoms with van der Waals surface area (Å²) in [5.74, 6) is -1.31. The molecule has 0 amide bonds. The fourth-order valence-electron chi connectivity index (χ4n) is 3.00. The Balaban J connectivity index is 2.21. The largest absolute Gasteiger partial charge is 0.523 e. The van der Waals surface area contributed by atoms with Crippen LogP contribution in [0, 0.1) is 11.8 Å². The van der Waals surface area contributed by atoms with E-state index in [9.17, 15) is 21.6 Å². The lowest BCUT2D eigenvalue weighted by Crippen LogP contribution is -2.49. The number of allylic oxidation sites excluding steroid dienone is 1. The van der Waals surface area contributed by atoms with Crippen molar-refractivity contribution in [2.24, 2.45) is 11.8 Å². The maximum Gasteiger partial charge on any atom is 0.523 e.